The summed E-state index contributed by atoms with van der Waals surface area (Å²) < 4.78 is 18.7. The maximum Gasteiger partial charge on any atom is 0.148 e. The van der Waals surface area contributed by atoms with Crippen molar-refractivity contribution in [1.82, 2.24) is 0 Å². The Morgan fingerprint density at radius 2 is 2.24 bits per heavy atom. The van der Waals surface area contributed by atoms with Crippen LogP contribution in [0, 0.1) is 17.1 Å². The number of ether oxygens (including phenoxy) is 1. The van der Waals surface area contributed by atoms with Gasteiger partial charge in [0.2, 0.25) is 0 Å². The molecule has 4 nitrogen and oxygen atoms in total. The second-order valence-corrected chi connectivity index (χ2v) is 3.60. The number of nitrogens with two attached hydrogens (primary N) is 1. The third-order valence-electron chi connectivity index (χ3n) is 2.37. The quantitative estimate of drug-likeness (QED) is 0.766. The minimum absolute atomic E-state index is 0.341. The van der Waals surface area contributed by atoms with Crippen LogP contribution in [0.5, 0.6) is 0 Å². The molecule has 2 N–H and O–H groups in total. The second-order valence-electron chi connectivity index (χ2n) is 3.60. The minimum atomic E-state index is -0.376. The highest BCUT2D eigenvalue weighted by Gasteiger charge is 2.11. The van der Waals surface area contributed by atoms with Crippen molar-refractivity contribution >= 4 is 11.4 Å². The molecule has 0 radical (unpaired) electrons. The van der Waals surface area contributed by atoms with Crippen molar-refractivity contribution < 1.29 is 9.13 Å². The Labute approximate surface area is 100 Å². The fraction of sp³-hybridized carbons (Fsp3) is 0.417. The van der Waals surface area contributed by atoms with Gasteiger partial charge in [-0.3, -0.25) is 0 Å². The molecule has 0 unspecified atom stereocenters. The van der Waals surface area contributed by atoms with Crippen LogP contribution in [0.1, 0.15) is 6.42 Å². The summed E-state index contributed by atoms with van der Waals surface area (Å²) in [5.41, 5.74) is 6.33. The molecular formula is C12H16FN3O. The van der Waals surface area contributed by atoms with E-state index in [0.29, 0.717) is 37.5 Å². The van der Waals surface area contributed by atoms with Crippen LogP contribution in [0.4, 0.5) is 15.8 Å². The van der Waals surface area contributed by atoms with Crippen molar-refractivity contribution in [3.8, 4) is 6.07 Å². The Morgan fingerprint density at radius 1 is 1.47 bits per heavy atom. The molecule has 5 heteroatoms. The third-order valence-corrected chi connectivity index (χ3v) is 2.37. The number of nitrogen functional groups attached to an aromatic ring is 1. The molecule has 0 aliphatic heterocycles. The largest absolute Gasteiger partial charge is 0.399 e. The van der Waals surface area contributed by atoms with E-state index in [4.69, 9.17) is 15.7 Å². The van der Waals surface area contributed by atoms with E-state index < -0.39 is 0 Å². The van der Waals surface area contributed by atoms with Gasteiger partial charge in [0.1, 0.15) is 5.82 Å². The lowest BCUT2D eigenvalue weighted by atomic mass is 10.2. The van der Waals surface area contributed by atoms with E-state index in [2.05, 4.69) is 0 Å². The summed E-state index contributed by atoms with van der Waals surface area (Å²) in [4.78, 5) is 1.78. The van der Waals surface area contributed by atoms with Crippen LogP contribution >= 0.6 is 0 Å². The van der Waals surface area contributed by atoms with Crippen LogP contribution < -0.4 is 10.6 Å². The predicted molar refractivity (Wildman–Crippen MR) is 65.1 cm³/mol. The van der Waals surface area contributed by atoms with E-state index in [9.17, 15) is 4.39 Å². The molecule has 0 fully saturated rings. The predicted octanol–water partition coefficient (Wildman–Crippen LogP) is 1.77. The first-order chi connectivity index (χ1) is 8.19. The molecule has 92 valence electrons. The average molecular weight is 237 g/mol. The van der Waals surface area contributed by atoms with Gasteiger partial charge in [0.25, 0.3) is 0 Å². The molecular weight excluding hydrogens is 221 g/mol. The Morgan fingerprint density at radius 3 is 2.82 bits per heavy atom. The van der Waals surface area contributed by atoms with Crippen molar-refractivity contribution in [2.75, 3.05) is 37.4 Å². The second kappa shape index (κ2) is 6.71. The molecule has 0 amide bonds. The van der Waals surface area contributed by atoms with Gasteiger partial charge in [-0.25, -0.2) is 4.39 Å². The third kappa shape index (κ3) is 3.93. The number of anilines is 2. The smallest absolute Gasteiger partial charge is 0.148 e. The van der Waals surface area contributed by atoms with Crippen molar-refractivity contribution in [3.63, 3.8) is 0 Å². The normalized spacial score (nSPS) is 9.94. The fourth-order valence-electron chi connectivity index (χ4n) is 1.52. The van der Waals surface area contributed by atoms with Crippen molar-refractivity contribution in [2.45, 2.75) is 6.42 Å². The lowest BCUT2D eigenvalue weighted by molar-refractivity contribution is 0.205. The molecule has 1 aromatic carbocycles. The minimum Gasteiger partial charge on any atom is -0.399 e. The SMILES string of the molecule is COCCN(CCC#N)c1ccc(N)cc1F. The summed E-state index contributed by atoms with van der Waals surface area (Å²) >= 11 is 0. The van der Waals surface area contributed by atoms with Gasteiger partial charge < -0.3 is 15.4 Å². The van der Waals surface area contributed by atoms with Gasteiger partial charge in [-0.1, -0.05) is 0 Å². The number of hydrogen-bond acceptors (Lipinski definition) is 4. The number of hydrogen-bond donors (Lipinski definition) is 1. The number of methoxy groups -OCH3 is 1. The fourth-order valence-corrected chi connectivity index (χ4v) is 1.52. The van der Waals surface area contributed by atoms with E-state index >= 15 is 0 Å². The summed E-state index contributed by atoms with van der Waals surface area (Å²) in [5, 5.41) is 8.58. The topological polar surface area (TPSA) is 62.3 Å². The molecule has 0 atom stereocenters. The highest BCUT2D eigenvalue weighted by Crippen LogP contribution is 2.21. The molecule has 1 rings (SSSR count). The molecule has 1 aromatic rings. The maximum absolute atomic E-state index is 13.7. The van der Waals surface area contributed by atoms with E-state index in [1.807, 2.05) is 6.07 Å². The zero-order valence-electron chi connectivity index (χ0n) is 9.82. The van der Waals surface area contributed by atoms with Crippen molar-refractivity contribution in [2.24, 2.45) is 0 Å². The van der Waals surface area contributed by atoms with Gasteiger partial charge in [0.05, 0.1) is 24.8 Å². The van der Waals surface area contributed by atoms with Crippen molar-refractivity contribution in [3.05, 3.63) is 24.0 Å². The van der Waals surface area contributed by atoms with E-state index in [1.54, 1.807) is 24.1 Å². The zero-order valence-corrected chi connectivity index (χ0v) is 9.82. The lowest BCUT2D eigenvalue weighted by Crippen LogP contribution is -2.29. The highest BCUT2D eigenvalue weighted by molar-refractivity contribution is 5.54. The van der Waals surface area contributed by atoms with Crippen LogP contribution in [0.3, 0.4) is 0 Å². The standard InChI is InChI=1S/C12H16FN3O/c1-17-8-7-16(6-2-5-14)12-4-3-10(15)9-11(12)13/h3-4,9H,2,6-8,15H2,1H3. The molecule has 0 bridgehead atoms. The van der Waals surface area contributed by atoms with E-state index in [1.165, 1.54) is 6.07 Å². The Bertz CT molecular complexity index is 403. The summed E-state index contributed by atoms with van der Waals surface area (Å²) in [5.74, 6) is -0.376. The van der Waals surface area contributed by atoms with Crippen LogP contribution in [0.25, 0.3) is 0 Å². The molecule has 17 heavy (non-hydrogen) atoms. The lowest BCUT2D eigenvalue weighted by Gasteiger charge is -2.24. The Hall–Kier alpha value is -1.80. The van der Waals surface area contributed by atoms with Gasteiger partial charge in [0, 0.05) is 25.9 Å². The average Bonchev–Trinajstić information content (AvgIpc) is 2.30. The Balaban J connectivity index is 2.83. The summed E-state index contributed by atoms with van der Waals surface area (Å²) in [6, 6.07) is 6.59. The molecule has 0 aliphatic carbocycles. The van der Waals surface area contributed by atoms with Crippen LogP contribution in [-0.2, 0) is 4.74 Å². The highest BCUT2D eigenvalue weighted by atomic mass is 19.1. The molecule has 0 heterocycles. The van der Waals surface area contributed by atoms with E-state index in [-0.39, 0.29) is 5.82 Å². The molecule has 0 aromatic heterocycles. The first-order valence-electron chi connectivity index (χ1n) is 5.35. The maximum atomic E-state index is 13.7. The summed E-state index contributed by atoms with van der Waals surface area (Å²) in [6.07, 6.45) is 0.341. The number of nitriles is 1. The Kier molecular flexibility index (Phi) is 5.24. The van der Waals surface area contributed by atoms with Crippen LogP contribution in [-0.4, -0.2) is 26.8 Å². The van der Waals surface area contributed by atoms with Gasteiger partial charge in [-0.05, 0) is 18.2 Å². The van der Waals surface area contributed by atoms with E-state index in [0.717, 1.165) is 0 Å². The monoisotopic (exact) mass is 237 g/mol. The number of nitrogens with zero attached hydrogens (tertiary/aromatic N) is 2. The molecule has 0 spiro atoms. The van der Waals surface area contributed by atoms with Gasteiger partial charge in [-0.15, -0.1) is 0 Å². The van der Waals surface area contributed by atoms with Gasteiger partial charge in [-0.2, -0.15) is 5.26 Å². The summed E-state index contributed by atoms with van der Waals surface area (Å²) in [7, 11) is 1.59. The van der Waals surface area contributed by atoms with Crippen molar-refractivity contribution in [1.29, 1.82) is 5.26 Å². The van der Waals surface area contributed by atoms with Crippen LogP contribution in [0.2, 0.25) is 0 Å². The number of halogens is 1. The van der Waals surface area contributed by atoms with Gasteiger partial charge in [0.15, 0.2) is 0 Å². The number of benzene rings is 1. The first kappa shape index (κ1) is 13.3. The number of rotatable bonds is 6. The first-order valence-corrected chi connectivity index (χ1v) is 5.35. The molecule has 0 saturated heterocycles. The molecule has 0 saturated carbocycles. The van der Waals surface area contributed by atoms with Gasteiger partial charge >= 0.3 is 0 Å². The zero-order chi connectivity index (χ0) is 12.7. The summed E-state index contributed by atoms with van der Waals surface area (Å²) in [6.45, 7) is 1.50. The molecule has 0 aliphatic rings. The van der Waals surface area contributed by atoms with Crippen LogP contribution in [0.15, 0.2) is 18.2 Å².